The van der Waals surface area contributed by atoms with Crippen molar-refractivity contribution in [3.8, 4) is 28.1 Å². The summed E-state index contributed by atoms with van der Waals surface area (Å²) in [4.78, 5) is 4.65. The number of pyridine rings is 2. The van der Waals surface area contributed by atoms with Crippen molar-refractivity contribution in [2.45, 2.75) is 0 Å². The van der Waals surface area contributed by atoms with Gasteiger partial charge in [0.15, 0.2) is 0 Å². The molecular formula is C35H20IrN5S-. The van der Waals surface area contributed by atoms with Gasteiger partial charge in [0, 0.05) is 42.6 Å². The molecule has 0 saturated carbocycles. The first-order valence-electron chi connectivity index (χ1n) is 13.5. The number of rotatable bonds is 3. The zero-order valence-electron chi connectivity index (χ0n) is 22.0. The van der Waals surface area contributed by atoms with Crippen molar-refractivity contribution in [3.05, 3.63) is 127 Å². The molecule has 0 N–H and O–H groups in total. The first kappa shape index (κ1) is 25.1. The maximum atomic E-state index is 4.80. The topological polar surface area (TPSA) is 48.0 Å². The van der Waals surface area contributed by atoms with Crippen molar-refractivity contribution in [1.82, 2.24) is 23.5 Å². The molecule has 0 unspecified atom stereocenters. The first-order valence-corrected chi connectivity index (χ1v) is 14.2. The number of para-hydroxylation sites is 1. The summed E-state index contributed by atoms with van der Waals surface area (Å²) in [5.41, 5.74) is 9.78. The Labute approximate surface area is 258 Å². The molecule has 0 amide bonds. The molecule has 0 aliphatic carbocycles. The van der Waals surface area contributed by atoms with Gasteiger partial charge in [-0.15, -0.1) is 5.38 Å². The van der Waals surface area contributed by atoms with Crippen LogP contribution in [0.25, 0.3) is 77.2 Å². The summed E-state index contributed by atoms with van der Waals surface area (Å²) in [5, 5.41) is 12.8. The average molecular weight is 735 g/mol. The molecule has 42 heavy (non-hydrogen) atoms. The van der Waals surface area contributed by atoms with Crippen LogP contribution in [0.15, 0.2) is 122 Å². The third kappa shape index (κ3) is 3.61. The molecule has 0 bridgehead atoms. The van der Waals surface area contributed by atoms with Crippen LogP contribution in [-0.2, 0) is 20.1 Å². The van der Waals surface area contributed by atoms with E-state index in [0.29, 0.717) is 0 Å². The fraction of sp³-hybridized carbons (Fsp3) is 0. The molecule has 0 spiro atoms. The minimum absolute atomic E-state index is 0. The number of nitrogens with zero attached hydrogens (tertiary/aromatic N) is 5. The molecule has 4 aromatic carbocycles. The summed E-state index contributed by atoms with van der Waals surface area (Å²) in [6, 6.07) is 38.5. The molecule has 0 aliphatic heterocycles. The van der Waals surface area contributed by atoms with Crippen LogP contribution in [-0.4, -0.2) is 23.5 Å². The van der Waals surface area contributed by atoms with E-state index in [1.807, 2.05) is 29.0 Å². The Bertz CT molecular complexity index is 2440. The SMILES string of the molecule is [Ir].[c-]1snc2c3ccccc3c3c(-c4cccc(-c5ccc6c(c5)c5ccccc5n6-c5ccccn5)c4)cnn3c12. The summed E-state index contributed by atoms with van der Waals surface area (Å²) in [6.07, 6.45) is 3.81. The summed E-state index contributed by atoms with van der Waals surface area (Å²) < 4.78 is 8.85. The second kappa shape index (κ2) is 9.71. The molecule has 201 valence electrons. The van der Waals surface area contributed by atoms with Gasteiger partial charge in [0.05, 0.1) is 22.7 Å². The van der Waals surface area contributed by atoms with E-state index < -0.39 is 0 Å². The molecular weight excluding hydrogens is 715 g/mol. The number of aromatic nitrogens is 5. The van der Waals surface area contributed by atoms with Crippen LogP contribution < -0.4 is 0 Å². The van der Waals surface area contributed by atoms with Crippen molar-refractivity contribution < 1.29 is 20.1 Å². The van der Waals surface area contributed by atoms with Crippen LogP contribution in [0, 0.1) is 5.38 Å². The molecule has 7 heteroatoms. The van der Waals surface area contributed by atoms with E-state index in [9.17, 15) is 0 Å². The Balaban J connectivity index is 0.00000267. The van der Waals surface area contributed by atoms with E-state index in [0.717, 1.165) is 60.9 Å². The van der Waals surface area contributed by atoms with Crippen LogP contribution >= 0.6 is 11.5 Å². The Morgan fingerprint density at radius 2 is 1.40 bits per heavy atom. The maximum absolute atomic E-state index is 4.80. The van der Waals surface area contributed by atoms with Gasteiger partial charge >= 0.3 is 0 Å². The second-order valence-electron chi connectivity index (χ2n) is 10.2. The molecule has 5 aromatic heterocycles. The molecule has 9 rings (SSSR count). The Morgan fingerprint density at radius 1 is 0.643 bits per heavy atom. The number of benzene rings is 4. The Morgan fingerprint density at radius 3 is 2.29 bits per heavy atom. The van der Waals surface area contributed by atoms with Crippen LogP contribution in [0.5, 0.6) is 0 Å². The first-order chi connectivity index (χ1) is 20.3. The molecule has 5 nitrogen and oxygen atoms in total. The van der Waals surface area contributed by atoms with Gasteiger partial charge in [-0.3, -0.25) is 9.08 Å². The molecule has 5 heterocycles. The maximum Gasteiger partial charge on any atom is 0.137 e. The number of hydrogen-bond donors (Lipinski definition) is 0. The number of hydrogen-bond acceptors (Lipinski definition) is 4. The van der Waals surface area contributed by atoms with Gasteiger partial charge in [-0.2, -0.15) is 16.6 Å². The van der Waals surface area contributed by atoms with Crippen molar-refractivity contribution >= 4 is 60.7 Å². The van der Waals surface area contributed by atoms with E-state index >= 15 is 0 Å². The molecule has 1 radical (unpaired) electrons. The van der Waals surface area contributed by atoms with Crippen molar-refractivity contribution in [2.75, 3.05) is 0 Å². The van der Waals surface area contributed by atoms with Gasteiger partial charge in [-0.1, -0.05) is 83.7 Å². The van der Waals surface area contributed by atoms with Gasteiger partial charge in [-0.05, 0) is 64.0 Å². The van der Waals surface area contributed by atoms with Crippen LogP contribution in [0.1, 0.15) is 0 Å². The Hall–Kier alpha value is -4.68. The second-order valence-corrected chi connectivity index (χ2v) is 10.8. The van der Waals surface area contributed by atoms with Crippen LogP contribution in [0.2, 0.25) is 0 Å². The fourth-order valence-electron chi connectivity index (χ4n) is 6.16. The monoisotopic (exact) mass is 735 g/mol. The Kier molecular flexibility index (Phi) is 5.79. The van der Waals surface area contributed by atoms with Gasteiger partial charge in [-0.25, -0.2) is 4.98 Å². The van der Waals surface area contributed by atoms with E-state index in [2.05, 4.69) is 116 Å². The number of fused-ring (bicyclic) bond motifs is 9. The zero-order chi connectivity index (χ0) is 26.9. The molecule has 0 aliphatic rings. The normalized spacial score (nSPS) is 11.6. The smallest absolute Gasteiger partial charge is 0.137 e. The zero-order valence-corrected chi connectivity index (χ0v) is 25.2. The predicted octanol–water partition coefficient (Wildman–Crippen LogP) is 8.72. The standard InChI is InChI=1S/C35H20N5S.Ir/c1-2-12-27-26(11-1)34-32(21-41-38-34)40-35(27)29(20-37-40)24-9-7-8-22(18-24)23-15-16-31-28(19-23)25-10-3-4-13-30(25)39(31)33-14-5-6-17-36-33;/h1-20H;/q-1;. The van der Waals surface area contributed by atoms with Crippen molar-refractivity contribution in [1.29, 1.82) is 0 Å². The molecule has 9 aromatic rings. The van der Waals surface area contributed by atoms with E-state index in [4.69, 9.17) is 5.10 Å². The quantitative estimate of drug-likeness (QED) is 0.171. The minimum Gasteiger partial charge on any atom is -0.306 e. The van der Waals surface area contributed by atoms with Crippen molar-refractivity contribution in [2.24, 2.45) is 0 Å². The van der Waals surface area contributed by atoms with Gasteiger partial charge < -0.3 is 4.37 Å². The molecule has 0 atom stereocenters. The summed E-state index contributed by atoms with van der Waals surface area (Å²) in [7, 11) is 0. The van der Waals surface area contributed by atoms with E-state index in [-0.39, 0.29) is 20.1 Å². The van der Waals surface area contributed by atoms with Crippen LogP contribution in [0.3, 0.4) is 0 Å². The van der Waals surface area contributed by atoms with Gasteiger partial charge in [0.1, 0.15) is 5.82 Å². The predicted molar refractivity (Wildman–Crippen MR) is 168 cm³/mol. The van der Waals surface area contributed by atoms with E-state index in [1.54, 1.807) is 0 Å². The summed E-state index contributed by atoms with van der Waals surface area (Å²) in [5.74, 6) is 0.918. The minimum atomic E-state index is 0. The molecule has 0 saturated heterocycles. The third-order valence-corrected chi connectivity index (χ3v) is 8.54. The van der Waals surface area contributed by atoms with Gasteiger partial charge in [0.2, 0.25) is 0 Å². The summed E-state index contributed by atoms with van der Waals surface area (Å²) in [6.45, 7) is 0. The van der Waals surface area contributed by atoms with Crippen LogP contribution in [0.4, 0.5) is 0 Å². The third-order valence-electron chi connectivity index (χ3n) is 7.98. The average Bonchev–Trinajstić information content (AvgIpc) is 3.78. The van der Waals surface area contributed by atoms with E-state index in [1.165, 1.54) is 27.9 Å². The fourth-order valence-corrected chi connectivity index (χ4v) is 6.75. The summed E-state index contributed by atoms with van der Waals surface area (Å²) >= 11 is 1.35. The van der Waals surface area contributed by atoms with Gasteiger partial charge in [0.25, 0.3) is 0 Å². The van der Waals surface area contributed by atoms with Crippen molar-refractivity contribution in [3.63, 3.8) is 0 Å². The largest absolute Gasteiger partial charge is 0.306 e. The molecule has 0 fully saturated rings.